The summed E-state index contributed by atoms with van der Waals surface area (Å²) in [5.41, 5.74) is 0.404. The van der Waals surface area contributed by atoms with E-state index >= 15 is 0 Å². The van der Waals surface area contributed by atoms with Crippen molar-refractivity contribution in [2.24, 2.45) is 5.92 Å². The molecule has 1 fully saturated rings. The van der Waals surface area contributed by atoms with E-state index in [9.17, 15) is 15.0 Å². The van der Waals surface area contributed by atoms with Crippen LogP contribution in [0.1, 0.15) is 68.8 Å². The lowest BCUT2D eigenvalue weighted by molar-refractivity contribution is -0.0301. The molecule has 0 radical (unpaired) electrons. The van der Waals surface area contributed by atoms with Gasteiger partial charge in [0.25, 0.3) is 5.91 Å². The van der Waals surface area contributed by atoms with E-state index in [1.54, 1.807) is 13.8 Å². The zero-order chi connectivity index (χ0) is 17.8. The molecule has 1 aromatic rings. The summed E-state index contributed by atoms with van der Waals surface area (Å²) in [5.74, 6) is 0.0340. The van der Waals surface area contributed by atoms with Crippen molar-refractivity contribution in [1.82, 2.24) is 5.32 Å². The smallest absolute Gasteiger partial charge is 0.251 e. The van der Waals surface area contributed by atoms with Crippen molar-refractivity contribution in [2.45, 2.75) is 70.5 Å². The highest BCUT2D eigenvalue weighted by molar-refractivity contribution is 5.94. The van der Waals surface area contributed by atoms with Crippen LogP contribution in [0, 0.1) is 5.92 Å². The lowest BCUT2D eigenvalue weighted by Crippen LogP contribution is -2.44. The van der Waals surface area contributed by atoms with Gasteiger partial charge in [-0.2, -0.15) is 0 Å². The van der Waals surface area contributed by atoms with Crippen LogP contribution in [0.5, 0.6) is 0 Å². The molecule has 0 unspecified atom stereocenters. The maximum atomic E-state index is 12.3. The van der Waals surface area contributed by atoms with Crippen molar-refractivity contribution in [3.05, 3.63) is 35.4 Å². The monoisotopic (exact) mass is 333 g/mol. The summed E-state index contributed by atoms with van der Waals surface area (Å²) in [6.07, 6.45) is 5.42. The van der Waals surface area contributed by atoms with Crippen LogP contribution >= 0.6 is 0 Å². The first-order valence-electron chi connectivity index (χ1n) is 8.99. The van der Waals surface area contributed by atoms with Gasteiger partial charge in [-0.25, -0.2) is 0 Å². The van der Waals surface area contributed by atoms with Gasteiger partial charge in [0.1, 0.15) is 0 Å². The molecule has 2 rings (SSSR count). The minimum absolute atomic E-state index is 0.0922. The van der Waals surface area contributed by atoms with Crippen LogP contribution in [0.2, 0.25) is 0 Å². The van der Waals surface area contributed by atoms with Gasteiger partial charge in [0.15, 0.2) is 0 Å². The first-order valence-corrected chi connectivity index (χ1v) is 8.99. The van der Waals surface area contributed by atoms with E-state index in [0.29, 0.717) is 18.5 Å². The van der Waals surface area contributed by atoms with Crippen LogP contribution in [0.15, 0.2) is 24.3 Å². The van der Waals surface area contributed by atoms with Gasteiger partial charge in [-0.1, -0.05) is 25.0 Å². The Morgan fingerprint density at radius 1 is 1.29 bits per heavy atom. The first-order chi connectivity index (χ1) is 11.2. The van der Waals surface area contributed by atoms with Crippen molar-refractivity contribution in [3.63, 3.8) is 0 Å². The summed E-state index contributed by atoms with van der Waals surface area (Å²) >= 11 is 0. The van der Waals surface area contributed by atoms with Crippen molar-refractivity contribution >= 4 is 5.91 Å². The maximum absolute atomic E-state index is 12.3. The van der Waals surface area contributed by atoms with Crippen LogP contribution in [0.3, 0.4) is 0 Å². The van der Waals surface area contributed by atoms with E-state index in [-0.39, 0.29) is 11.8 Å². The summed E-state index contributed by atoms with van der Waals surface area (Å²) in [5, 5.41) is 23.1. The minimum Gasteiger partial charge on any atom is -0.390 e. The molecule has 0 bridgehead atoms. The number of amides is 1. The van der Waals surface area contributed by atoms with Gasteiger partial charge in [0, 0.05) is 18.0 Å². The predicted molar refractivity (Wildman–Crippen MR) is 96.0 cm³/mol. The number of aryl methyl sites for hydroxylation is 1. The van der Waals surface area contributed by atoms with Crippen molar-refractivity contribution in [3.8, 4) is 0 Å². The molecule has 1 saturated carbocycles. The second kappa shape index (κ2) is 7.66. The highest BCUT2D eigenvalue weighted by Gasteiger charge is 2.34. The standard InChI is InChI=1S/C20H31NO3/c1-19(2,23)13-11-15-7-9-16(10-8-15)18(22)21-14-17-6-4-5-12-20(17,3)24/h7-10,17,23-24H,4-6,11-14H2,1-3H3,(H,21,22)/t17-,20-/m1/s1. The van der Waals surface area contributed by atoms with Crippen LogP contribution in [0.4, 0.5) is 0 Å². The second-order valence-electron chi connectivity index (χ2n) is 8.02. The summed E-state index contributed by atoms with van der Waals surface area (Å²) in [6, 6.07) is 7.54. The molecule has 0 aliphatic heterocycles. The Morgan fingerprint density at radius 2 is 1.96 bits per heavy atom. The molecule has 0 spiro atoms. The Kier molecular flexibility index (Phi) is 6.05. The fourth-order valence-corrected chi connectivity index (χ4v) is 3.30. The molecular weight excluding hydrogens is 302 g/mol. The largest absolute Gasteiger partial charge is 0.390 e. The molecule has 134 valence electrons. The van der Waals surface area contributed by atoms with Gasteiger partial charge in [-0.05, 0) is 64.2 Å². The molecule has 1 aliphatic carbocycles. The number of aliphatic hydroxyl groups is 2. The quantitative estimate of drug-likeness (QED) is 0.749. The number of hydrogen-bond acceptors (Lipinski definition) is 3. The van der Waals surface area contributed by atoms with Crippen molar-refractivity contribution in [2.75, 3.05) is 6.54 Å². The fourth-order valence-electron chi connectivity index (χ4n) is 3.30. The van der Waals surface area contributed by atoms with Crippen molar-refractivity contribution in [1.29, 1.82) is 0 Å². The maximum Gasteiger partial charge on any atom is 0.251 e. The molecule has 1 amide bonds. The molecule has 4 nitrogen and oxygen atoms in total. The van der Waals surface area contributed by atoms with E-state index in [1.807, 2.05) is 31.2 Å². The van der Waals surface area contributed by atoms with E-state index in [0.717, 1.165) is 37.7 Å². The number of rotatable bonds is 6. The second-order valence-corrected chi connectivity index (χ2v) is 8.02. The van der Waals surface area contributed by atoms with Crippen LogP contribution in [-0.2, 0) is 6.42 Å². The highest BCUT2D eigenvalue weighted by Crippen LogP contribution is 2.32. The normalized spacial score (nSPS) is 24.6. The lowest BCUT2D eigenvalue weighted by atomic mass is 9.76. The third kappa shape index (κ3) is 5.60. The summed E-state index contributed by atoms with van der Waals surface area (Å²) in [7, 11) is 0. The first kappa shape index (κ1) is 18.9. The molecule has 2 atom stereocenters. The van der Waals surface area contributed by atoms with Gasteiger partial charge >= 0.3 is 0 Å². The molecule has 24 heavy (non-hydrogen) atoms. The van der Waals surface area contributed by atoms with E-state index in [4.69, 9.17) is 0 Å². The average molecular weight is 333 g/mol. The summed E-state index contributed by atoms with van der Waals surface area (Å²) < 4.78 is 0. The third-order valence-electron chi connectivity index (χ3n) is 5.12. The number of hydrogen-bond donors (Lipinski definition) is 3. The van der Waals surface area contributed by atoms with E-state index in [2.05, 4.69) is 5.32 Å². The average Bonchev–Trinajstić information content (AvgIpc) is 2.51. The SMILES string of the molecule is CC(C)(O)CCc1ccc(C(=O)NC[C@H]2CCCC[C@@]2(C)O)cc1. The molecule has 1 aromatic carbocycles. The molecule has 4 heteroatoms. The molecular formula is C20H31NO3. The van der Waals surface area contributed by atoms with Crippen LogP contribution < -0.4 is 5.32 Å². The third-order valence-corrected chi connectivity index (χ3v) is 5.12. The summed E-state index contributed by atoms with van der Waals surface area (Å²) in [6.45, 7) is 6.00. The Hall–Kier alpha value is -1.39. The zero-order valence-electron chi connectivity index (χ0n) is 15.1. The zero-order valence-corrected chi connectivity index (χ0v) is 15.1. The molecule has 0 saturated heterocycles. The molecule has 3 N–H and O–H groups in total. The highest BCUT2D eigenvalue weighted by atomic mass is 16.3. The van der Waals surface area contributed by atoms with Crippen LogP contribution in [-0.4, -0.2) is 33.9 Å². The Labute approximate surface area is 145 Å². The number of benzene rings is 1. The van der Waals surface area contributed by atoms with Gasteiger partial charge in [0.2, 0.25) is 0 Å². The van der Waals surface area contributed by atoms with Gasteiger partial charge in [-0.3, -0.25) is 4.79 Å². The predicted octanol–water partition coefficient (Wildman–Crippen LogP) is 3.06. The van der Waals surface area contributed by atoms with Crippen LogP contribution in [0.25, 0.3) is 0 Å². The summed E-state index contributed by atoms with van der Waals surface area (Å²) in [4.78, 5) is 12.3. The fraction of sp³-hybridized carbons (Fsp3) is 0.650. The Bertz CT molecular complexity index is 543. The molecule has 0 aromatic heterocycles. The molecule has 0 heterocycles. The molecule has 1 aliphatic rings. The van der Waals surface area contributed by atoms with Gasteiger partial charge in [0.05, 0.1) is 11.2 Å². The Morgan fingerprint density at radius 3 is 2.54 bits per heavy atom. The van der Waals surface area contributed by atoms with Gasteiger partial charge < -0.3 is 15.5 Å². The number of carbonyl (C=O) groups excluding carboxylic acids is 1. The minimum atomic E-state index is -0.674. The topological polar surface area (TPSA) is 69.6 Å². The van der Waals surface area contributed by atoms with Crippen molar-refractivity contribution < 1.29 is 15.0 Å². The van der Waals surface area contributed by atoms with Gasteiger partial charge in [-0.15, -0.1) is 0 Å². The Balaban J connectivity index is 1.86. The number of nitrogens with one attached hydrogen (secondary N) is 1. The lowest BCUT2D eigenvalue weighted by Gasteiger charge is -2.37. The number of carbonyl (C=O) groups is 1. The van der Waals surface area contributed by atoms with E-state index < -0.39 is 11.2 Å². The van der Waals surface area contributed by atoms with E-state index in [1.165, 1.54) is 0 Å².